The van der Waals surface area contributed by atoms with Gasteiger partial charge in [-0.15, -0.1) is 0 Å². The molecule has 188 valence electrons. The van der Waals surface area contributed by atoms with Crippen LogP contribution >= 0.6 is 0 Å². The van der Waals surface area contributed by atoms with Gasteiger partial charge in [-0.3, -0.25) is 0 Å². The highest BCUT2D eigenvalue weighted by Gasteiger charge is 2.56. The van der Waals surface area contributed by atoms with Gasteiger partial charge in [-0.25, -0.2) is 9.59 Å². The molecule has 2 aliphatic rings. The van der Waals surface area contributed by atoms with Crippen molar-refractivity contribution in [3.63, 3.8) is 0 Å². The Morgan fingerprint density at radius 1 is 0.686 bits per heavy atom. The Morgan fingerprint density at radius 2 is 0.971 bits per heavy atom. The summed E-state index contributed by atoms with van der Waals surface area (Å²) in [6.45, 7) is 18.3. The van der Waals surface area contributed by atoms with E-state index in [1.165, 1.54) is 36.1 Å². The fourth-order valence-electron chi connectivity index (χ4n) is 5.32. The Bertz CT molecular complexity index is 1070. The Hall–Kier alpha value is -3.54. The molecule has 0 radical (unpaired) electrons. The van der Waals surface area contributed by atoms with Crippen molar-refractivity contribution in [3.05, 3.63) is 83.0 Å². The van der Waals surface area contributed by atoms with Crippen molar-refractivity contribution in [2.75, 3.05) is 0 Å². The molecule has 0 saturated heterocycles. The maximum absolute atomic E-state index is 10.1. The van der Waals surface area contributed by atoms with Crippen LogP contribution in [0.15, 0.2) is 60.7 Å². The zero-order valence-electron chi connectivity index (χ0n) is 21.4. The summed E-state index contributed by atoms with van der Waals surface area (Å²) in [7, 11) is 0. The highest BCUT2D eigenvalue weighted by atomic mass is 16.4. The number of phenols is 2. The van der Waals surface area contributed by atoms with E-state index in [0.29, 0.717) is 11.5 Å². The topological polar surface area (TPSA) is 115 Å². The molecule has 4 rings (SSSR count). The zero-order valence-corrected chi connectivity index (χ0v) is 21.4. The van der Waals surface area contributed by atoms with Crippen LogP contribution in [0.3, 0.4) is 0 Å². The number of carbonyl (C=O) groups is 2. The van der Waals surface area contributed by atoms with Gasteiger partial charge in [0.15, 0.2) is 0 Å². The third-order valence-electron chi connectivity index (χ3n) is 6.71. The Labute approximate surface area is 207 Å². The van der Waals surface area contributed by atoms with Crippen LogP contribution in [0.5, 0.6) is 11.5 Å². The number of hydrogen-bond donors (Lipinski definition) is 4. The third-order valence-corrected chi connectivity index (χ3v) is 6.71. The molecule has 0 atom stereocenters. The van der Waals surface area contributed by atoms with Crippen LogP contribution in [0.1, 0.15) is 76.6 Å². The average Bonchev–Trinajstić information content (AvgIpc) is 3.07. The lowest BCUT2D eigenvalue weighted by Gasteiger charge is -2.30. The minimum atomic E-state index is -0.935. The molecule has 1 spiro atoms. The largest absolute Gasteiger partial charge is 0.508 e. The Morgan fingerprint density at radius 3 is 1.23 bits per heavy atom. The van der Waals surface area contributed by atoms with Gasteiger partial charge in [-0.1, -0.05) is 53.0 Å². The van der Waals surface area contributed by atoms with Crippen LogP contribution in [-0.4, -0.2) is 32.4 Å². The number of carboxylic acid groups (broad SMARTS) is 2. The van der Waals surface area contributed by atoms with E-state index in [4.69, 9.17) is 10.2 Å². The number of hydrogen-bond acceptors (Lipinski definition) is 4. The molecular weight excluding hydrogens is 444 g/mol. The first-order valence-corrected chi connectivity index (χ1v) is 11.4. The molecule has 0 aliphatic heterocycles. The second-order valence-corrected chi connectivity index (χ2v) is 10.8. The zero-order chi connectivity index (χ0) is 26.9. The van der Waals surface area contributed by atoms with Gasteiger partial charge in [-0.05, 0) is 84.0 Å². The highest BCUT2D eigenvalue weighted by Crippen LogP contribution is 2.63. The Kier molecular flexibility index (Phi) is 7.60. The van der Waals surface area contributed by atoms with Crippen LogP contribution < -0.4 is 0 Å². The average molecular weight is 481 g/mol. The van der Waals surface area contributed by atoms with E-state index in [0.717, 1.165) is 12.8 Å². The normalized spacial score (nSPS) is 17.1. The van der Waals surface area contributed by atoms with Crippen molar-refractivity contribution in [1.29, 1.82) is 0 Å². The molecule has 0 amide bonds. The standard InChI is InChI=1S/C21H24O2.2C4H6O2/c1-19(2)11-21(17-9-13(22)5-7-15(17)19)12-20(3,4)16-8-6-14(23)10-18(16)21;2*1-3(2)4(5)6/h5-10,22-23H,11-12H2,1-4H3;2*1H2,2H3,(H,5,6). The van der Waals surface area contributed by atoms with E-state index in [1.807, 2.05) is 12.1 Å². The maximum Gasteiger partial charge on any atom is 0.330 e. The highest BCUT2D eigenvalue weighted by molar-refractivity contribution is 5.85. The van der Waals surface area contributed by atoms with E-state index < -0.39 is 11.9 Å². The van der Waals surface area contributed by atoms with Gasteiger partial charge in [0.1, 0.15) is 11.5 Å². The lowest BCUT2D eigenvalue weighted by molar-refractivity contribution is -0.133. The molecule has 0 aromatic heterocycles. The first-order valence-electron chi connectivity index (χ1n) is 11.4. The van der Waals surface area contributed by atoms with Crippen LogP contribution in [0.4, 0.5) is 0 Å². The first-order chi connectivity index (χ1) is 15.9. The van der Waals surface area contributed by atoms with Crippen molar-refractivity contribution >= 4 is 11.9 Å². The predicted octanol–water partition coefficient (Wildman–Crippen LogP) is 6.04. The molecule has 6 nitrogen and oxygen atoms in total. The summed E-state index contributed by atoms with van der Waals surface area (Å²) >= 11 is 0. The Balaban J connectivity index is 0.000000301. The summed E-state index contributed by atoms with van der Waals surface area (Å²) in [4.78, 5) is 19.2. The van der Waals surface area contributed by atoms with E-state index in [1.54, 1.807) is 12.1 Å². The van der Waals surface area contributed by atoms with Gasteiger partial charge in [-0.2, -0.15) is 0 Å². The van der Waals surface area contributed by atoms with E-state index in [9.17, 15) is 19.8 Å². The summed E-state index contributed by atoms with van der Waals surface area (Å²) < 4.78 is 0. The number of aromatic hydroxyl groups is 2. The van der Waals surface area contributed by atoms with E-state index >= 15 is 0 Å². The van der Waals surface area contributed by atoms with Gasteiger partial charge >= 0.3 is 11.9 Å². The molecule has 0 saturated carbocycles. The second-order valence-electron chi connectivity index (χ2n) is 10.8. The minimum Gasteiger partial charge on any atom is -0.508 e. The van der Waals surface area contributed by atoms with Crippen LogP contribution in [0, 0.1) is 0 Å². The maximum atomic E-state index is 10.1. The van der Waals surface area contributed by atoms with Gasteiger partial charge < -0.3 is 20.4 Å². The molecule has 2 aromatic carbocycles. The number of carboxylic acids is 2. The number of phenolic OH excluding ortho intramolecular Hbond substituents is 2. The molecule has 0 fully saturated rings. The summed E-state index contributed by atoms with van der Waals surface area (Å²) in [6, 6.07) is 11.6. The smallest absolute Gasteiger partial charge is 0.330 e. The van der Waals surface area contributed by atoms with Gasteiger partial charge in [0.25, 0.3) is 0 Å². The molecule has 35 heavy (non-hydrogen) atoms. The van der Waals surface area contributed by atoms with Gasteiger partial charge in [0.05, 0.1) is 0 Å². The molecule has 4 N–H and O–H groups in total. The fourth-order valence-corrected chi connectivity index (χ4v) is 5.32. The molecule has 0 unspecified atom stereocenters. The molecule has 0 heterocycles. The SMILES string of the molecule is C=C(C)C(=O)O.C=C(C)C(=O)O.CC1(C)CC2(CC(C)(C)c3ccc(O)cc32)c2cc(O)ccc21. The number of rotatable bonds is 2. The third kappa shape index (κ3) is 5.59. The van der Waals surface area contributed by atoms with Crippen molar-refractivity contribution in [2.24, 2.45) is 0 Å². The van der Waals surface area contributed by atoms with Crippen LogP contribution in [0.2, 0.25) is 0 Å². The van der Waals surface area contributed by atoms with E-state index in [-0.39, 0.29) is 27.4 Å². The number of aliphatic carboxylic acids is 2. The van der Waals surface area contributed by atoms with Crippen molar-refractivity contribution in [2.45, 2.75) is 70.6 Å². The van der Waals surface area contributed by atoms with Gasteiger partial charge in [0, 0.05) is 16.6 Å². The molecule has 2 aliphatic carbocycles. The minimum absolute atomic E-state index is 0.0617. The van der Waals surface area contributed by atoms with E-state index in [2.05, 4.69) is 53.0 Å². The van der Waals surface area contributed by atoms with Crippen molar-refractivity contribution in [3.8, 4) is 11.5 Å². The van der Waals surface area contributed by atoms with Gasteiger partial charge in [0.2, 0.25) is 0 Å². The molecule has 0 bridgehead atoms. The molecule has 2 aromatic rings. The van der Waals surface area contributed by atoms with Crippen LogP contribution in [-0.2, 0) is 25.8 Å². The van der Waals surface area contributed by atoms with Crippen LogP contribution in [0.25, 0.3) is 0 Å². The summed E-state index contributed by atoms with van der Waals surface area (Å²) in [5, 5.41) is 36.0. The monoisotopic (exact) mass is 480 g/mol. The first kappa shape index (κ1) is 27.7. The molecule has 6 heteroatoms. The quantitative estimate of drug-likeness (QED) is 0.390. The summed E-state index contributed by atoms with van der Waals surface area (Å²) in [5.41, 5.74) is 5.47. The molecular formula is C29H36O6. The number of fused-ring (bicyclic) bond motifs is 4. The lowest BCUT2D eigenvalue weighted by Crippen LogP contribution is -2.26. The fraction of sp³-hybridized carbons (Fsp3) is 0.379. The summed E-state index contributed by atoms with van der Waals surface area (Å²) in [5.74, 6) is -1.22. The lowest BCUT2D eigenvalue weighted by atomic mass is 9.72. The summed E-state index contributed by atoms with van der Waals surface area (Å²) in [6.07, 6.45) is 2.03. The second kappa shape index (κ2) is 9.61. The number of benzene rings is 2. The predicted molar refractivity (Wildman–Crippen MR) is 137 cm³/mol. The van der Waals surface area contributed by atoms with Crippen molar-refractivity contribution < 1.29 is 30.0 Å². The van der Waals surface area contributed by atoms with Crippen molar-refractivity contribution in [1.82, 2.24) is 0 Å².